The van der Waals surface area contributed by atoms with Crippen molar-refractivity contribution in [2.45, 2.75) is 27.2 Å². The molecule has 72 valence electrons. The molecule has 0 radical (unpaired) electrons. The zero-order valence-corrected chi connectivity index (χ0v) is 9.98. The summed E-state index contributed by atoms with van der Waals surface area (Å²) in [6, 6.07) is 0. The van der Waals surface area contributed by atoms with Gasteiger partial charge in [0.05, 0.1) is 0 Å². The zero-order valence-electron chi connectivity index (χ0n) is 8.39. The molecule has 0 saturated carbocycles. The third-order valence-corrected chi connectivity index (χ3v) is 2.90. The van der Waals surface area contributed by atoms with Gasteiger partial charge in [-0.2, -0.15) is 0 Å². The van der Waals surface area contributed by atoms with Crippen LogP contribution in [0.5, 0.6) is 0 Å². The number of nitrogens with two attached hydrogens (primary N) is 1. The minimum absolute atomic E-state index is 0.203. The molecule has 0 unspecified atom stereocenters. The molecule has 13 heavy (non-hydrogen) atoms. The van der Waals surface area contributed by atoms with Crippen LogP contribution in [-0.2, 0) is 0 Å². The average molecular weight is 242 g/mol. The number of hydrogen-bond donors (Lipinski definition) is 1. The minimum atomic E-state index is 0.203. The molecule has 0 aromatic carbocycles. The molecule has 1 aliphatic rings. The van der Waals surface area contributed by atoms with Gasteiger partial charge in [0.1, 0.15) is 0 Å². The van der Waals surface area contributed by atoms with Crippen LogP contribution in [0.3, 0.4) is 0 Å². The predicted octanol–water partition coefficient (Wildman–Crippen LogP) is 3.48. The molecule has 0 aromatic heterocycles. The zero-order chi connectivity index (χ0) is 10.1. The lowest BCUT2D eigenvalue weighted by Gasteiger charge is -2.19. The van der Waals surface area contributed by atoms with E-state index in [1.807, 2.05) is 6.08 Å². The first-order valence-electron chi connectivity index (χ1n) is 4.44. The van der Waals surface area contributed by atoms with Crippen LogP contribution in [0.1, 0.15) is 27.2 Å². The fourth-order valence-corrected chi connectivity index (χ4v) is 1.51. The van der Waals surface area contributed by atoms with E-state index in [0.717, 1.165) is 16.6 Å². The smallest absolute Gasteiger partial charge is 0.0420 e. The van der Waals surface area contributed by atoms with Crippen LogP contribution in [-0.4, -0.2) is 0 Å². The lowest BCUT2D eigenvalue weighted by Crippen LogP contribution is -2.07. The molecule has 0 aromatic rings. The second-order valence-electron chi connectivity index (χ2n) is 4.31. The molecule has 1 nitrogen and oxygen atoms in total. The number of rotatable bonds is 0. The van der Waals surface area contributed by atoms with Gasteiger partial charge in [0.2, 0.25) is 0 Å². The maximum absolute atomic E-state index is 5.80. The van der Waals surface area contributed by atoms with E-state index in [-0.39, 0.29) is 5.41 Å². The van der Waals surface area contributed by atoms with Crippen molar-refractivity contribution in [2.75, 3.05) is 0 Å². The number of halogens is 1. The molecular weight excluding hydrogens is 226 g/mol. The average Bonchev–Trinajstić information content (AvgIpc) is 2.14. The van der Waals surface area contributed by atoms with E-state index < -0.39 is 0 Å². The van der Waals surface area contributed by atoms with Crippen molar-refractivity contribution in [1.29, 1.82) is 0 Å². The van der Waals surface area contributed by atoms with Crippen molar-refractivity contribution in [2.24, 2.45) is 11.1 Å². The van der Waals surface area contributed by atoms with Gasteiger partial charge in [-0.15, -0.1) is 0 Å². The Labute approximate surface area is 88.5 Å². The quantitative estimate of drug-likeness (QED) is 0.691. The molecule has 0 bridgehead atoms. The van der Waals surface area contributed by atoms with Crippen molar-refractivity contribution in [3.63, 3.8) is 0 Å². The standard InChI is InChI=1S/C11H16BrN/c1-11(2,3)8-4-6-9(12)10(13)7-5-8/h4-5,7H,6,13H2,1-3H3. The van der Waals surface area contributed by atoms with E-state index in [0.29, 0.717) is 0 Å². The first-order chi connectivity index (χ1) is 5.91. The molecule has 0 saturated heterocycles. The lowest BCUT2D eigenvalue weighted by atomic mass is 9.86. The Morgan fingerprint density at radius 2 is 1.92 bits per heavy atom. The van der Waals surface area contributed by atoms with Gasteiger partial charge in [-0.1, -0.05) is 48.9 Å². The normalized spacial score (nSPS) is 18.6. The Bertz CT molecular complexity index is 290. The summed E-state index contributed by atoms with van der Waals surface area (Å²) in [4.78, 5) is 0. The summed E-state index contributed by atoms with van der Waals surface area (Å²) in [5, 5.41) is 0. The first-order valence-corrected chi connectivity index (χ1v) is 5.23. The Morgan fingerprint density at radius 1 is 1.31 bits per heavy atom. The Morgan fingerprint density at radius 3 is 2.46 bits per heavy atom. The van der Waals surface area contributed by atoms with Crippen molar-refractivity contribution < 1.29 is 0 Å². The highest BCUT2D eigenvalue weighted by Crippen LogP contribution is 2.30. The Balaban J connectivity index is 2.93. The van der Waals surface area contributed by atoms with Crippen molar-refractivity contribution in [3.05, 3.63) is 34.0 Å². The van der Waals surface area contributed by atoms with Gasteiger partial charge < -0.3 is 5.73 Å². The van der Waals surface area contributed by atoms with E-state index >= 15 is 0 Å². The highest BCUT2D eigenvalue weighted by molar-refractivity contribution is 9.11. The topological polar surface area (TPSA) is 26.0 Å². The van der Waals surface area contributed by atoms with Crippen LogP contribution >= 0.6 is 15.9 Å². The third kappa shape index (κ3) is 2.73. The largest absolute Gasteiger partial charge is 0.398 e. The van der Waals surface area contributed by atoms with Crippen molar-refractivity contribution >= 4 is 15.9 Å². The maximum Gasteiger partial charge on any atom is 0.0420 e. The van der Waals surface area contributed by atoms with E-state index in [1.54, 1.807) is 0 Å². The fourth-order valence-electron chi connectivity index (χ4n) is 1.21. The number of hydrogen-bond acceptors (Lipinski definition) is 1. The van der Waals surface area contributed by atoms with Gasteiger partial charge >= 0.3 is 0 Å². The van der Waals surface area contributed by atoms with Crippen LogP contribution in [0.25, 0.3) is 0 Å². The molecule has 0 aliphatic heterocycles. The molecule has 1 aliphatic carbocycles. The van der Waals surface area contributed by atoms with E-state index in [4.69, 9.17) is 5.73 Å². The highest BCUT2D eigenvalue weighted by atomic mass is 79.9. The molecule has 2 heteroatoms. The summed E-state index contributed by atoms with van der Waals surface area (Å²) in [7, 11) is 0. The van der Waals surface area contributed by atoms with Crippen LogP contribution in [0.2, 0.25) is 0 Å². The predicted molar refractivity (Wildman–Crippen MR) is 61.4 cm³/mol. The SMILES string of the molecule is CC(C)(C)C1=CCC(Br)=C(N)C=C1. The molecule has 0 heterocycles. The molecule has 2 N–H and O–H groups in total. The highest BCUT2D eigenvalue weighted by Gasteiger charge is 2.15. The summed E-state index contributed by atoms with van der Waals surface area (Å²) in [5.74, 6) is 0. The summed E-state index contributed by atoms with van der Waals surface area (Å²) in [6.07, 6.45) is 7.18. The van der Waals surface area contributed by atoms with Crippen molar-refractivity contribution in [1.82, 2.24) is 0 Å². The monoisotopic (exact) mass is 241 g/mol. The van der Waals surface area contributed by atoms with Crippen LogP contribution < -0.4 is 5.73 Å². The molecule has 0 fully saturated rings. The van der Waals surface area contributed by atoms with Crippen LogP contribution in [0.15, 0.2) is 34.0 Å². The van der Waals surface area contributed by atoms with Crippen LogP contribution in [0, 0.1) is 5.41 Å². The Kier molecular flexibility index (Phi) is 3.01. The van der Waals surface area contributed by atoms with E-state index in [9.17, 15) is 0 Å². The maximum atomic E-state index is 5.80. The molecular formula is C11H16BrN. The Hall–Kier alpha value is -0.500. The first kappa shape index (κ1) is 10.6. The summed E-state index contributed by atoms with van der Waals surface area (Å²) >= 11 is 3.46. The van der Waals surface area contributed by atoms with Crippen molar-refractivity contribution in [3.8, 4) is 0 Å². The fraction of sp³-hybridized carbons (Fsp3) is 0.455. The van der Waals surface area contributed by atoms with Gasteiger partial charge in [-0.3, -0.25) is 0 Å². The van der Waals surface area contributed by atoms with Gasteiger partial charge in [-0.25, -0.2) is 0 Å². The summed E-state index contributed by atoms with van der Waals surface area (Å²) in [6.45, 7) is 6.62. The van der Waals surface area contributed by atoms with Crippen LogP contribution in [0.4, 0.5) is 0 Å². The van der Waals surface area contributed by atoms with Gasteiger partial charge in [0, 0.05) is 10.2 Å². The molecule has 1 rings (SSSR count). The summed E-state index contributed by atoms with van der Waals surface area (Å²) in [5.41, 5.74) is 8.17. The summed E-state index contributed by atoms with van der Waals surface area (Å²) < 4.78 is 1.07. The number of allylic oxidation sites excluding steroid dienone is 5. The second-order valence-corrected chi connectivity index (χ2v) is 5.26. The van der Waals surface area contributed by atoms with E-state index in [1.165, 1.54) is 5.57 Å². The van der Waals surface area contributed by atoms with E-state index in [2.05, 4.69) is 48.9 Å². The van der Waals surface area contributed by atoms with Gasteiger partial charge in [0.15, 0.2) is 0 Å². The molecule has 0 amide bonds. The second kappa shape index (κ2) is 3.70. The lowest BCUT2D eigenvalue weighted by molar-refractivity contribution is 0.515. The third-order valence-electron chi connectivity index (χ3n) is 2.12. The molecule has 0 spiro atoms. The van der Waals surface area contributed by atoms with Gasteiger partial charge in [-0.05, 0) is 23.5 Å². The van der Waals surface area contributed by atoms with Gasteiger partial charge in [0.25, 0.3) is 0 Å². The molecule has 0 atom stereocenters. The minimum Gasteiger partial charge on any atom is -0.398 e.